The quantitative estimate of drug-likeness (QED) is 0.144. The van der Waals surface area contributed by atoms with Crippen molar-refractivity contribution in [2.45, 2.75) is 25.2 Å². The molecule has 0 aliphatic heterocycles. The molecule has 192 valence electrons. The van der Waals surface area contributed by atoms with Crippen molar-refractivity contribution in [3.05, 3.63) is 103 Å². The Hall–Kier alpha value is -3.65. The maximum atomic E-state index is 13.2. The van der Waals surface area contributed by atoms with E-state index in [-0.39, 0.29) is 18.1 Å². The van der Waals surface area contributed by atoms with Crippen LogP contribution in [0.2, 0.25) is 0 Å². The van der Waals surface area contributed by atoms with Gasteiger partial charge in [0.15, 0.2) is 0 Å². The Morgan fingerprint density at radius 3 is 2.47 bits per heavy atom. The third-order valence-electron chi connectivity index (χ3n) is 5.11. The van der Waals surface area contributed by atoms with Crippen molar-refractivity contribution in [1.29, 1.82) is 0 Å². The molecule has 2 aromatic rings. The highest BCUT2D eigenvalue weighted by Crippen LogP contribution is 2.25. The van der Waals surface area contributed by atoms with Gasteiger partial charge in [-0.3, -0.25) is 0 Å². The van der Waals surface area contributed by atoms with Crippen molar-refractivity contribution in [2.24, 2.45) is 0 Å². The van der Waals surface area contributed by atoms with E-state index >= 15 is 0 Å². The summed E-state index contributed by atoms with van der Waals surface area (Å²) in [6.45, 7) is 8.01. The number of phenolic OH excluding ortho intramolecular Hbond substituents is 1. The molecular weight excluding hydrogens is 460 g/mol. The van der Waals surface area contributed by atoms with Crippen LogP contribution < -0.4 is 4.74 Å². The second-order valence-corrected chi connectivity index (χ2v) is 7.63. The van der Waals surface area contributed by atoms with Crippen molar-refractivity contribution in [1.82, 2.24) is 0 Å². The van der Waals surface area contributed by atoms with Crippen LogP contribution in [0.1, 0.15) is 27.9 Å². The van der Waals surface area contributed by atoms with Gasteiger partial charge in [0, 0.05) is 13.5 Å². The van der Waals surface area contributed by atoms with Gasteiger partial charge in [0.2, 0.25) is 0 Å². The van der Waals surface area contributed by atoms with E-state index in [2.05, 4.69) is 13.2 Å². The molecule has 2 aromatic carbocycles. The molecule has 0 unspecified atom stereocenters. The molecular formula is C29H34O7. The zero-order chi connectivity index (χ0) is 26.2. The maximum absolute atomic E-state index is 13.2. The van der Waals surface area contributed by atoms with Gasteiger partial charge in [-0.15, -0.1) is 0 Å². The number of hydrogen-bond acceptors (Lipinski definition) is 7. The Morgan fingerprint density at radius 2 is 1.81 bits per heavy atom. The van der Waals surface area contributed by atoms with Gasteiger partial charge in [-0.2, -0.15) is 0 Å². The highest BCUT2D eigenvalue weighted by Gasteiger charge is 2.27. The predicted octanol–water partition coefficient (Wildman–Crippen LogP) is 5.46. The molecule has 0 radical (unpaired) electrons. The fourth-order valence-corrected chi connectivity index (χ4v) is 3.31. The molecule has 36 heavy (non-hydrogen) atoms. The molecule has 0 spiro atoms. The first kappa shape index (κ1) is 28.6. The molecule has 2 atom stereocenters. The first-order valence-corrected chi connectivity index (χ1v) is 11.5. The summed E-state index contributed by atoms with van der Waals surface area (Å²) in [5.74, 6) is -0.101. The smallest absolute Gasteiger partial charge is 0.342 e. The van der Waals surface area contributed by atoms with Gasteiger partial charge in [-0.1, -0.05) is 73.9 Å². The molecule has 0 bridgehead atoms. The summed E-state index contributed by atoms with van der Waals surface area (Å²) in [4.78, 5) is 13.2. The largest absolute Gasteiger partial charge is 0.507 e. The minimum atomic E-state index is -0.726. The minimum Gasteiger partial charge on any atom is -0.507 e. The molecule has 7 nitrogen and oxygen atoms in total. The molecule has 0 fully saturated rings. The van der Waals surface area contributed by atoms with E-state index in [1.165, 1.54) is 13.2 Å². The summed E-state index contributed by atoms with van der Waals surface area (Å²) in [6.07, 6.45) is 8.95. The van der Waals surface area contributed by atoms with Crippen LogP contribution in [0.3, 0.4) is 0 Å². The van der Waals surface area contributed by atoms with E-state index in [0.29, 0.717) is 25.2 Å². The van der Waals surface area contributed by atoms with Gasteiger partial charge in [-0.05, 0) is 29.3 Å². The summed E-state index contributed by atoms with van der Waals surface area (Å²) in [5, 5.41) is 10.4. The Labute approximate surface area is 212 Å². The number of hydrogen-bond donors (Lipinski definition) is 1. The molecule has 0 aliphatic carbocycles. The average Bonchev–Trinajstić information content (AvgIpc) is 2.89. The fourth-order valence-electron chi connectivity index (χ4n) is 3.31. The number of aromatic hydroxyl groups is 1. The van der Waals surface area contributed by atoms with Gasteiger partial charge < -0.3 is 28.8 Å². The monoisotopic (exact) mass is 494 g/mol. The molecule has 0 aliphatic rings. The standard InChI is InChI=1S/C29H34O7/c1-5-7-10-23-11-9-12-25(30)28(23)29(31)36-27(26(13-8-6-2)35-21-32-3)18-19-34-20-22-14-16-24(33-4)17-15-22/h5-17,26-27,30H,1-2,18-21H2,3-4H3/b10-7+,13-8-/t26-,27-/m0/s1. The number of methoxy groups -OCH3 is 2. The maximum Gasteiger partial charge on any atom is 0.342 e. The Morgan fingerprint density at radius 1 is 1.06 bits per heavy atom. The third kappa shape index (κ3) is 9.19. The Bertz CT molecular complexity index is 1020. The van der Waals surface area contributed by atoms with E-state index in [0.717, 1.165) is 11.3 Å². The van der Waals surface area contributed by atoms with Gasteiger partial charge in [0.25, 0.3) is 0 Å². The predicted molar refractivity (Wildman–Crippen MR) is 140 cm³/mol. The molecule has 0 heterocycles. The molecule has 0 saturated heterocycles. The van der Waals surface area contributed by atoms with Crippen molar-refractivity contribution in [3.63, 3.8) is 0 Å². The lowest BCUT2D eigenvalue weighted by Gasteiger charge is -2.25. The number of carbonyl (C=O) groups is 1. The van der Waals surface area contributed by atoms with E-state index in [1.807, 2.05) is 24.3 Å². The molecule has 0 aromatic heterocycles. The number of allylic oxidation sites excluding steroid dienone is 4. The molecule has 0 saturated carbocycles. The lowest BCUT2D eigenvalue weighted by molar-refractivity contribution is -0.103. The van der Waals surface area contributed by atoms with Crippen LogP contribution in [0.25, 0.3) is 6.08 Å². The second kappa shape index (κ2) is 16.1. The van der Waals surface area contributed by atoms with Crippen molar-refractivity contribution in [3.8, 4) is 11.5 Å². The van der Waals surface area contributed by atoms with Crippen LogP contribution in [0.5, 0.6) is 11.5 Å². The van der Waals surface area contributed by atoms with Crippen molar-refractivity contribution in [2.75, 3.05) is 27.6 Å². The topological polar surface area (TPSA) is 83.5 Å². The van der Waals surface area contributed by atoms with Crippen molar-refractivity contribution >= 4 is 12.0 Å². The first-order valence-electron chi connectivity index (χ1n) is 11.5. The summed E-state index contributed by atoms with van der Waals surface area (Å²) in [7, 11) is 3.12. The van der Waals surface area contributed by atoms with Crippen LogP contribution in [0.15, 0.2) is 86.0 Å². The Kier molecular flexibility index (Phi) is 12.8. The zero-order valence-corrected chi connectivity index (χ0v) is 20.8. The summed E-state index contributed by atoms with van der Waals surface area (Å²) < 4.78 is 27.7. The lowest BCUT2D eigenvalue weighted by Crippen LogP contribution is -2.34. The Balaban J connectivity index is 2.19. The van der Waals surface area contributed by atoms with Crippen LogP contribution in [0.4, 0.5) is 0 Å². The van der Waals surface area contributed by atoms with Crippen LogP contribution in [-0.2, 0) is 25.6 Å². The number of phenols is 1. The second-order valence-electron chi connectivity index (χ2n) is 7.63. The minimum absolute atomic E-state index is 0.00316. The fraction of sp³-hybridized carbons (Fsp3) is 0.276. The first-order chi connectivity index (χ1) is 17.5. The molecule has 1 N–H and O–H groups in total. The van der Waals surface area contributed by atoms with Crippen molar-refractivity contribution < 1.29 is 33.6 Å². The van der Waals surface area contributed by atoms with E-state index in [9.17, 15) is 9.90 Å². The van der Waals surface area contributed by atoms with E-state index in [4.69, 9.17) is 23.7 Å². The highest BCUT2D eigenvalue weighted by atomic mass is 16.7. The van der Waals surface area contributed by atoms with Crippen LogP contribution >= 0.6 is 0 Å². The third-order valence-corrected chi connectivity index (χ3v) is 5.11. The number of ether oxygens (including phenoxy) is 5. The summed E-state index contributed by atoms with van der Waals surface area (Å²) >= 11 is 0. The number of rotatable bonds is 16. The molecule has 7 heteroatoms. The lowest BCUT2D eigenvalue weighted by atomic mass is 10.0. The van der Waals surface area contributed by atoms with Gasteiger partial charge >= 0.3 is 5.97 Å². The van der Waals surface area contributed by atoms with Crippen LogP contribution in [0, 0.1) is 0 Å². The van der Waals surface area contributed by atoms with E-state index < -0.39 is 18.2 Å². The number of benzene rings is 2. The summed E-state index contributed by atoms with van der Waals surface area (Å²) in [5.41, 5.74) is 1.54. The molecule has 0 amide bonds. The van der Waals surface area contributed by atoms with Gasteiger partial charge in [0.05, 0.1) is 20.3 Å². The van der Waals surface area contributed by atoms with Gasteiger partial charge in [-0.25, -0.2) is 4.79 Å². The van der Waals surface area contributed by atoms with E-state index in [1.54, 1.807) is 55.7 Å². The molecule has 2 rings (SSSR count). The normalized spacial score (nSPS) is 12.9. The van der Waals surface area contributed by atoms with Crippen LogP contribution in [-0.4, -0.2) is 50.9 Å². The summed E-state index contributed by atoms with van der Waals surface area (Å²) in [6, 6.07) is 12.4. The highest BCUT2D eigenvalue weighted by molar-refractivity contribution is 5.96. The number of esters is 1. The zero-order valence-electron chi connectivity index (χ0n) is 20.8. The average molecular weight is 495 g/mol. The number of carbonyl (C=O) groups excluding carboxylic acids is 1. The SMILES string of the molecule is C=C/C=C\[C@H](OCOC)[C@H](CCOCc1ccc(OC)cc1)OC(=O)c1c(O)cccc1/C=C/C=C. The van der Waals surface area contributed by atoms with Gasteiger partial charge in [0.1, 0.15) is 36.1 Å².